The Kier molecular flexibility index (Phi) is 3.70. The Morgan fingerprint density at radius 3 is 2.68 bits per heavy atom. The molecule has 0 saturated carbocycles. The highest BCUT2D eigenvalue weighted by atomic mass is 19.1. The maximum absolute atomic E-state index is 12.8. The fourth-order valence-corrected chi connectivity index (χ4v) is 1.52. The first-order chi connectivity index (χ1) is 9.04. The third-order valence-electron chi connectivity index (χ3n) is 2.46. The van der Waals surface area contributed by atoms with Crippen molar-refractivity contribution in [2.75, 3.05) is 5.43 Å². The summed E-state index contributed by atoms with van der Waals surface area (Å²) < 4.78 is 12.8. The van der Waals surface area contributed by atoms with E-state index in [1.807, 2.05) is 0 Å². The maximum Gasteiger partial charge on any atom is 0.252 e. The van der Waals surface area contributed by atoms with Crippen LogP contribution in [0.4, 0.5) is 10.3 Å². The van der Waals surface area contributed by atoms with E-state index in [4.69, 9.17) is 0 Å². The topological polar surface area (TPSA) is 70.1 Å². The van der Waals surface area contributed by atoms with Crippen molar-refractivity contribution in [3.8, 4) is 0 Å². The van der Waals surface area contributed by atoms with Crippen LogP contribution in [0.3, 0.4) is 0 Å². The fourth-order valence-electron chi connectivity index (χ4n) is 1.52. The number of hydrogen-bond donors (Lipinski definition) is 2. The molecule has 1 heterocycles. The number of aryl methyl sites for hydroxylation is 1. The second kappa shape index (κ2) is 5.43. The molecule has 2 rings (SSSR count). The van der Waals surface area contributed by atoms with Crippen LogP contribution in [0.15, 0.2) is 40.2 Å². The number of rotatable bonds is 3. The van der Waals surface area contributed by atoms with Gasteiger partial charge in [-0.25, -0.2) is 14.8 Å². The number of anilines is 1. The van der Waals surface area contributed by atoms with Gasteiger partial charge < -0.3 is 0 Å². The molecule has 0 radical (unpaired) electrons. The van der Waals surface area contributed by atoms with Gasteiger partial charge in [-0.1, -0.05) is 12.1 Å². The predicted molar refractivity (Wildman–Crippen MR) is 71.8 cm³/mol. The number of hydrogen-bond acceptors (Lipinski definition) is 4. The monoisotopic (exact) mass is 260 g/mol. The molecule has 0 bridgehead atoms. The highest BCUT2D eigenvalue weighted by Gasteiger charge is 1.99. The Bertz CT molecular complexity index is 661. The summed E-state index contributed by atoms with van der Waals surface area (Å²) in [7, 11) is 0. The second-order valence-corrected chi connectivity index (χ2v) is 4.05. The highest BCUT2D eigenvalue weighted by Crippen LogP contribution is 2.05. The van der Waals surface area contributed by atoms with E-state index in [9.17, 15) is 9.18 Å². The summed E-state index contributed by atoms with van der Waals surface area (Å²) in [6.07, 6.45) is 0. The van der Waals surface area contributed by atoms with Crippen molar-refractivity contribution in [1.29, 1.82) is 0 Å². The summed E-state index contributed by atoms with van der Waals surface area (Å²) in [5.41, 5.74) is 4.46. The van der Waals surface area contributed by atoms with Gasteiger partial charge in [0.15, 0.2) is 0 Å². The predicted octanol–water partition coefficient (Wildman–Crippen LogP) is 2.05. The number of aromatic nitrogens is 2. The van der Waals surface area contributed by atoms with Crippen molar-refractivity contribution in [3.05, 3.63) is 57.8 Å². The van der Waals surface area contributed by atoms with Crippen molar-refractivity contribution >= 4 is 11.7 Å². The number of halogens is 1. The summed E-state index contributed by atoms with van der Waals surface area (Å²) >= 11 is 0. The molecule has 0 atom stereocenters. The van der Waals surface area contributed by atoms with Gasteiger partial charge in [0.2, 0.25) is 5.95 Å². The third-order valence-corrected chi connectivity index (χ3v) is 2.46. The zero-order valence-corrected chi connectivity index (χ0v) is 10.6. The summed E-state index contributed by atoms with van der Waals surface area (Å²) in [6, 6.07) is 7.37. The van der Waals surface area contributed by atoms with Crippen LogP contribution in [0.5, 0.6) is 0 Å². The zero-order valence-electron chi connectivity index (χ0n) is 10.6. The van der Waals surface area contributed by atoms with Gasteiger partial charge in [-0.05, 0) is 31.5 Å². The molecule has 5 nitrogen and oxygen atoms in total. The molecule has 0 aliphatic carbocycles. The minimum Gasteiger partial charge on any atom is -0.291 e. The molecule has 0 amide bonds. The first kappa shape index (κ1) is 12.9. The number of H-pyrrole nitrogens is 1. The summed E-state index contributed by atoms with van der Waals surface area (Å²) in [5, 5.41) is 4.09. The third kappa shape index (κ3) is 3.48. The van der Waals surface area contributed by atoms with Gasteiger partial charge in [-0.3, -0.25) is 9.78 Å². The number of nitrogens with zero attached hydrogens (tertiary/aromatic N) is 2. The molecule has 1 aromatic carbocycles. The molecular formula is C13H13FN4O. The Balaban J connectivity index is 2.17. The van der Waals surface area contributed by atoms with Gasteiger partial charge >= 0.3 is 0 Å². The van der Waals surface area contributed by atoms with Gasteiger partial charge in [-0.2, -0.15) is 5.10 Å². The molecule has 0 aliphatic rings. The van der Waals surface area contributed by atoms with Crippen LogP contribution in [-0.2, 0) is 0 Å². The van der Waals surface area contributed by atoms with Crippen LogP contribution >= 0.6 is 0 Å². The summed E-state index contributed by atoms with van der Waals surface area (Å²) in [6.45, 7) is 3.49. The molecule has 2 aromatic rings. The van der Waals surface area contributed by atoms with Crippen LogP contribution < -0.4 is 11.0 Å². The lowest BCUT2D eigenvalue weighted by Crippen LogP contribution is -2.11. The molecule has 98 valence electrons. The Morgan fingerprint density at radius 1 is 1.37 bits per heavy atom. The minimum absolute atomic E-state index is 0.246. The van der Waals surface area contributed by atoms with Crippen molar-refractivity contribution in [2.45, 2.75) is 13.8 Å². The maximum atomic E-state index is 12.8. The van der Waals surface area contributed by atoms with Gasteiger partial charge in [0.25, 0.3) is 5.56 Å². The molecule has 0 aliphatic heterocycles. The first-order valence-electron chi connectivity index (χ1n) is 5.69. The Morgan fingerprint density at radius 2 is 2.05 bits per heavy atom. The van der Waals surface area contributed by atoms with Gasteiger partial charge in [0.1, 0.15) is 5.82 Å². The van der Waals surface area contributed by atoms with E-state index in [1.165, 1.54) is 18.2 Å². The lowest BCUT2D eigenvalue weighted by Gasteiger charge is -2.03. The highest BCUT2D eigenvalue weighted by molar-refractivity contribution is 5.98. The molecular weight excluding hydrogens is 247 g/mol. The van der Waals surface area contributed by atoms with Crippen LogP contribution in [0.25, 0.3) is 0 Å². The van der Waals surface area contributed by atoms with Crippen LogP contribution in [-0.4, -0.2) is 15.7 Å². The van der Waals surface area contributed by atoms with E-state index >= 15 is 0 Å². The normalized spacial score (nSPS) is 11.4. The van der Waals surface area contributed by atoms with E-state index in [-0.39, 0.29) is 17.3 Å². The lowest BCUT2D eigenvalue weighted by molar-refractivity contribution is 0.628. The van der Waals surface area contributed by atoms with Crippen LogP contribution in [0.2, 0.25) is 0 Å². The Hall–Kier alpha value is -2.50. The second-order valence-electron chi connectivity index (χ2n) is 4.05. The van der Waals surface area contributed by atoms with Crippen LogP contribution in [0, 0.1) is 12.7 Å². The largest absolute Gasteiger partial charge is 0.291 e. The molecule has 19 heavy (non-hydrogen) atoms. The zero-order chi connectivity index (χ0) is 13.8. The first-order valence-corrected chi connectivity index (χ1v) is 5.69. The van der Waals surface area contributed by atoms with E-state index in [2.05, 4.69) is 20.5 Å². The van der Waals surface area contributed by atoms with E-state index in [0.29, 0.717) is 11.4 Å². The number of aromatic amines is 1. The lowest BCUT2D eigenvalue weighted by atomic mass is 10.1. The molecule has 0 spiro atoms. The average Bonchev–Trinajstić information content (AvgIpc) is 2.36. The standard InChI is InChI=1S/C13H13FN4O/c1-8-7-12(19)16-13(15-8)18-17-9(2)10-3-5-11(14)6-4-10/h3-7H,1-2H3,(H2,15,16,18,19)/b17-9+. The number of nitrogens with one attached hydrogen (secondary N) is 2. The molecule has 2 N–H and O–H groups in total. The average molecular weight is 260 g/mol. The van der Waals surface area contributed by atoms with E-state index < -0.39 is 0 Å². The summed E-state index contributed by atoms with van der Waals surface area (Å²) in [5.74, 6) is -0.0272. The fraction of sp³-hybridized carbons (Fsp3) is 0.154. The quantitative estimate of drug-likeness (QED) is 0.655. The number of hydrazone groups is 1. The molecule has 0 saturated heterocycles. The van der Waals surface area contributed by atoms with Gasteiger partial charge in [-0.15, -0.1) is 0 Å². The van der Waals surface area contributed by atoms with Crippen molar-refractivity contribution in [3.63, 3.8) is 0 Å². The molecule has 0 unspecified atom stereocenters. The SMILES string of the molecule is C/C(=N\Nc1nc(C)cc(=O)[nH]1)c1ccc(F)cc1. The number of benzene rings is 1. The molecule has 6 heteroatoms. The summed E-state index contributed by atoms with van der Waals surface area (Å²) in [4.78, 5) is 17.8. The molecule has 1 aromatic heterocycles. The van der Waals surface area contributed by atoms with Gasteiger partial charge in [0.05, 0.1) is 5.71 Å². The van der Waals surface area contributed by atoms with Gasteiger partial charge in [0, 0.05) is 11.8 Å². The molecule has 0 fully saturated rings. The smallest absolute Gasteiger partial charge is 0.252 e. The van der Waals surface area contributed by atoms with E-state index in [1.54, 1.807) is 26.0 Å². The van der Waals surface area contributed by atoms with Crippen molar-refractivity contribution in [1.82, 2.24) is 9.97 Å². The van der Waals surface area contributed by atoms with Crippen LogP contribution in [0.1, 0.15) is 18.2 Å². The van der Waals surface area contributed by atoms with E-state index in [0.717, 1.165) is 5.56 Å². The van der Waals surface area contributed by atoms with Crippen molar-refractivity contribution in [2.24, 2.45) is 5.10 Å². The minimum atomic E-state index is -0.297. The Labute approximate surface area is 109 Å². The van der Waals surface area contributed by atoms with Crippen molar-refractivity contribution < 1.29 is 4.39 Å².